The van der Waals surface area contributed by atoms with E-state index in [1.54, 1.807) is 0 Å². The van der Waals surface area contributed by atoms with E-state index in [0.717, 1.165) is 22.6 Å². The first kappa shape index (κ1) is 24.2. The largest absolute Gasteiger partial charge is 0.376 e. The third-order valence-corrected chi connectivity index (χ3v) is 3.78. The van der Waals surface area contributed by atoms with Gasteiger partial charge in [0.15, 0.2) is 11.6 Å². The molecule has 0 spiro atoms. The van der Waals surface area contributed by atoms with Gasteiger partial charge in [-0.25, -0.2) is 8.78 Å². The Kier molecular flexibility index (Phi) is 10.5. The number of nitrogens with one attached hydrogen (secondary N) is 1. The molecule has 0 radical (unpaired) electrons. The Morgan fingerprint density at radius 3 is 2.34 bits per heavy atom. The summed E-state index contributed by atoms with van der Waals surface area (Å²) in [5, 5.41) is 2.43. The third kappa shape index (κ3) is 6.94. The van der Waals surface area contributed by atoms with E-state index in [4.69, 9.17) is 4.74 Å². The van der Waals surface area contributed by atoms with Crippen LogP contribution in [0.15, 0.2) is 42.5 Å². The lowest BCUT2D eigenvalue weighted by Gasteiger charge is -2.29. The Balaban J connectivity index is 0.000000989. The molecule has 0 aromatic heterocycles. The smallest absolute Gasteiger partial charge is 0.244 e. The minimum atomic E-state index is -1.08. The van der Waals surface area contributed by atoms with Gasteiger partial charge in [0.05, 0.1) is 31.0 Å². The zero-order valence-electron chi connectivity index (χ0n) is 17.3. The van der Waals surface area contributed by atoms with Crippen molar-refractivity contribution in [3.8, 4) is 0 Å². The Morgan fingerprint density at radius 1 is 1.07 bits per heavy atom. The first-order valence-corrected chi connectivity index (χ1v) is 9.75. The van der Waals surface area contributed by atoms with Gasteiger partial charge in [-0.2, -0.15) is 0 Å². The monoisotopic (exact) mass is 406 g/mol. The summed E-state index contributed by atoms with van der Waals surface area (Å²) in [6.07, 6.45) is 0.0263. The Bertz CT molecular complexity index is 798. The van der Waals surface area contributed by atoms with Gasteiger partial charge in [0, 0.05) is 12.1 Å². The van der Waals surface area contributed by atoms with Crippen LogP contribution in [0.5, 0.6) is 0 Å². The molecule has 0 unspecified atom stereocenters. The van der Waals surface area contributed by atoms with Gasteiger partial charge < -0.3 is 15.0 Å². The highest BCUT2D eigenvalue weighted by molar-refractivity contribution is 6.09. The minimum absolute atomic E-state index is 0.0263. The number of anilines is 2. The number of halogens is 2. The van der Waals surface area contributed by atoms with E-state index in [1.165, 1.54) is 0 Å². The number of ether oxygens (including phenoxy) is 1. The molecule has 1 N–H and O–H groups in total. The fourth-order valence-electron chi connectivity index (χ4n) is 2.56. The van der Waals surface area contributed by atoms with Crippen LogP contribution in [0.2, 0.25) is 0 Å². The third-order valence-electron chi connectivity index (χ3n) is 3.78. The quantitative estimate of drug-likeness (QED) is 0.718. The van der Waals surface area contributed by atoms with Crippen molar-refractivity contribution >= 4 is 23.2 Å². The molecule has 5 nitrogen and oxygen atoms in total. The summed E-state index contributed by atoms with van der Waals surface area (Å²) >= 11 is 0. The highest BCUT2D eigenvalue weighted by atomic mass is 19.2. The van der Waals surface area contributed by atoms with Gasteiger partial charge in [0.25, 0.3) is 0 Å². The average molecular weight is 406 g/mol. The number of carbonyl (C=O) groups is 2. The molecule has 0 aliphatic carbocycles. The van der Waals surface area contributed by atoms with Crippen molar-refractivity contribution in [3.05, 3.63) is 59.7 Å². The summed E-state index contributed by atoms with van der Waals surface area (Å²) in [4.78, 5) is 25.2. The maximum absolute atomic E-state index is 13.5. The van der Waals surface area contributed by atoms with E-state index in [0.29, 0.717) is 6.61 Å². The molecule has 3 rings (SSSR count). The maximum Gasteiger partial charge on any atom is 0.244 e. The van der Waals surface area contributed by atoms with Crippen LogP contribution in [0.4, 0.5) is 20.2 Å². The molecule has 7 heteroatoms. The molecule has 2 aromatic rings. The molecule has 0 saturated heterocycles. The van der Waals surface area contributed by atoms with Crippen molar-refractivity contribution in [3.63, 3.8) is 0 Å². The van der Waals surface area contributed by atoms with Crippen LogP contribution in [0, 0.1) is 11.6 Å². The topological polar surface area (TPSA) is 58.6 Å². The van der Waals surface area contributed by atoms with E-state index in [9.17, 15) is 18.4 Å². The number of benzene rings is 2. The molecule has 0 bridgehead atoms. The summed E-state index contributed by atoms with van der Waals surface area (Å²) in [5.74, 6) is -3.01. The van der Waals surface area contributed by atoms with Crippen molar-refractivity contribution < 1.29 is 23.1 Å². The molecule has 29 heavy (non-hydrogen) atoms. The fourth-order valence-corrected chi connectivity index (χ4v) is 2.56. The number of hydrogen-bond donors (Lipinski definition) is 1. The van der Waals surface area contributed by atoms with Crippen molar-refractivity contribution in [2.75, 3.05) is 23.4 Å². The first-order chi connectivity index (χ1) is 14.0. The van der Waals surface area contributed by atoms with Gasteiger partial charge in [-0.1, -0.05) is 58.0 Å². The zero-order valence-corrected chi connectivity index (χ0v) is 17.3. The average Bonchev–Trinajstić information content (AvgIpc) is 2.75. The van der Waals surface area contributed by atoms with Crippen LogP contribution in [0.3, 0.4) is 0 Å². The van der Waals surface area contributed by atoms with Crippen LogP contribution in [0.1, 0.15) is 39.7 Å². The molecule has 1 aliphatic rings. The molecule has 2 amide bonds. The Morgan fingerprint density at radius 2 is 1.69 bits per heavy atom. The van der Waals surface area contributed by atoms with Crippen molar-refractivity contribution in [1.82, 2.24) is 0 Å². The second-order valence-corrected chi connectivity index (χ2v) is 5.60. The van der Waals surface area contributed by atoms with E-state index >= 15 is 0 Å². The molecule has 158 valence electrons. The van der Waals surface area contributed by atoms with Crippen LogP contribution >= 0.6 is 0 Å². The molecule has 2 aromatic carbocycles. The lowest BCUT2D eigenvalue weighted by Crippen LogP contribution is -2.42. The molecule has 0 saturated carbocycles. The molecule has 0 fully saturated rings. The fraction of sp³-hybridized carbons (Fsp3) is 0.364. The second kappa shape index (κ2) is 12.6. The van der Waals surface area contributed by atoms with Crippen LogP contribution in [-0.2, 0) is 20.9 Å². The second-order valence-electron chi connectivity index (χ2n) is 5.60. The van der Waals surface area contributed by atoms with E-state index in [2.05, 4.69) is 5.32 Å². The van der Waals surface area contributed by atoms with Crippen molar-refractivity contribution in [2.45, 2.75) is 40.7 Å². The maximum atomic E-state index is 13.5. The molecular weight excluding hydrogens is 378 g/mol. The molecule has 0 atom stereocenters. The normalized spacial score (nSPS) is 11.9. The number of fused-ring (bicyclic) bond motifs is 1. The van der Waals surface area contributed by atoms with Gasteiger partial charge in [-0.3, -0.25) is 9.59 Å². The first-order valence-electron chi connectivity index (χ1n) is 9.75. The number of hydrogen-bond acceptors (Lipinski definition) is 3. The van der Waals surface area contributed by atoms with Gasteiger partial charge in [-0.05, 0) is 5.56 Å². The predicted octanol–water partition coefficient (Wildman–Crippen LogP) is 4.91. The highest BCUT2D eigenvalue weighted by Crippen LogP contribution is 2.32. The standard InChI is InChI=1S/C18H16F2N2O3.2C2H6/c19-13-8-15-16(9-14(13)20)22(10-17(23)21-15)18(24)6-7-25-11-12-4-2-1-3-5-12;2*1-2/h1-5,8-9H,6-7,10-11H2,(H,21,23);2*1-2H3. The van der Waals surface area contributed by atoms with Crippen molar-refractivity contribution in [1.29, 1.82) is 0 Å². The summed E-state index contributed by atoms with van der Waals surface area (Å²) < 4.78 is 32.3. The van der Waals surface area contributed by atoms with Gasteiger partial charge >= 0.3 is 0 Å². The molecule has 1 heterocycles. The van der Waals surface area contributed by atoms with E-state index in [-0.39, 0.29) is 30.9 Å². The summed E-state index contributed by atoms with van der Waals surface area (Å²) in [6, 6.07) is 11.3. The summed E-state index contributed by atoms with van der Waals surface area (Å²) in [5.41, 5.74) is 1.20. The van der Waals surface area contributed by atoms with Gasteiger partial charge in [0.2, 0.25) is 11.8 Å². The van der Waals surface area contributed by atoms with Gasteiger partial charge in [-0.15, -0.1) is 0 Å². The Hall–Kier alpha value is -2.80. The zero-order chi connectivity index (χ0) is 21.8. The van der Waals surface area contributed by atoms with Crippen LogP contribution in [0.25, 0.3) is 0 Å². The molecular formula is C22H28F2N2O3. The van der Waals surface area contributed by atoms with E-state index < -0.39 is 23.4 Å². The van der Waals surface area contributed by atoms with Crippen LogP contribution in [-0.4, -0.2) is 25.0 Å². The Labute approximate surface area is 170 Å². The lowest BCUT2D eigenvalue weighted by atomic mass is 10.1. The summed E-state index contributed by atoms with van der Waals surface area (Å²) in [6.45, 7) is 8.28. The number of nitrogens with zero attached hydrogens (tertiary/aromatic N) is 1. The summed E-state index contributed by atoms with van der Waals surface area (Å²) in [7, 11) is 0. The predicted molar refractivity (Wildman–Crippen MR) is 111 cm³/mol. The molecule has 1 aliphatic heterocycles. The number of amides is 2. The highest BCUT2D eigenvalue weighted by Gasteiger charge is 2.28. The van der Waals surface area contributed by atoms with Crippen molar-refractivity contribution in [2.24, 2.45) is 0 Å². The SMILES string of the molecule is CC.CC.O=C1CN(C(=O)CCOCc2ccccc2)c2cc(F)c(F)cc2N1. The number of carbonyl (C=O) groups excluding carboxylic acids is 2. The number of rotatable bonds is 5. The lowest BCUT2D eigenvalue weighted by molar-refractivity contribution is -0.122. The van der Waals surface area contributed by atoms with E-state index in [1.807, 2.05) is 58.0 Å². The van der Waals surface area contributed by atoms with Gasteiger partial charge in [0.1, 0.15) is 6.54 Å². The minimum Gasteiger partial charge on any atom is -0.376 e. The van der Waals surface area contributed by atoms with Crippen LogP contribution < -0.4 is 10.2 Å².